The zero-order valence-corrected chi connectivity index (χ0v) is 16.3. The molecule has 0 aliphatic carbocycles. The molecule has 144 valence electrons. The first-order chi connectivity index (χ1) is 13.0. The average molecular weight is 388 g/mol. The summed E-state index contributed by atoms with van der Waals surface area (Å²) < 4.78 is 0. The fourth-order valence-electron chi connectivity index (χ4n) is 2.39. The van der Waals surface area contributed by atoms with Gasteiger partial charge >= 0.3 is 0 Å². The second-order valence-corrected chi connectivity index (χ2v) is 7.38. The van der Waals surface area contributed by atoms with Crippen LogP contribution in [0.4, 0.5) is 0 Å². The highest BCUT2D eigenvalue weighted by molar-refractivity contribution is 7.12. The summed E-state index contributed by atoms with van der Waals surface area (Å²) >= 11 is 1.33. The van der Waals surface area contributed by atoms with Crippen molar-refractivity contribution < 1.29 is 14.4 Å². The average Bonchev–Trinajstić information content (AvgIpc) is 3.20. The van der Waals surface area contributed by atoms with Gasteiger partial charge in [0, 0.05) is 25.4 Å². The Labute approximate surface area is 163 Å². The van der Waals surface area contributed by atoms with E-state index < -0.39 is 6.04 Å². The number of hydrogen-bond donors (Lipinski definition) is 3. The number of thiophene rings is 1. The van der Waals surface area contributed by atoms with E-state index in [-0.39, 0.29) is 23.6 Å². The summed E-state index contributed by atoms with van der Waals surface area (Å²) in [6.45, 7) is 4.27. The lowest BCUT2D eigenvalue weighted by molar-refractivity contribution is -0.125. The second kappa shape index (κ2) is 10.5. The van der Waals surface area contributed by atoms with Gasteiger partial charge in [-0.05, 0) is 17.0 Å². The third-order valence-corrected chi connectivity index (χ3v) is 4.77. The van der Waals surface area contributed by atoms with E-state index >= 15 is 0 Å². The normalized spacial score (nSPS) is 11.7. The monoisotopic (exact) mass is 387 g/mol. The van der Waals surface area contributed by atoms with Gasteiger partial charge in [0.2, 0.25) is 11.8 Å². The highest BCUT2D eigenvalue weighted by Crippen LogP contribution is 2.10. The molecule has 0 radical (unpaired) electrons. The summed E-state index contributed by atoms with van der Waals surface area (Å²) in [5.74, 6) is -0.704. The molecule has 0 bridgehead atoms. The Kier molecular flexibility index (Phi) is 8.00. The van der Waals surface area contributed by atoms with Crippen LogP contribution in [0.1, 0.15) is 29.1 Å². The van der Waals surface area contributed by atoms with Gasteiger partial charge in [0.25, 0.3) is 5.91 Å². The first-order valence-electron chi connectivity index (χ1n) is 8.91. The third-order valence-electron chi connectivity index (χ3n) is 3.90. The SMILES string of the molecule is CC(C)C(=O)NCCNC(=O)C(Cc1ccccc1)NC(=O)c1cccs1. The number of rotatable bonds is 9. The van der Waals surface area contributed by atoms with Crippen molar-refractivity contribution in [3.05, 3.63) is 58.3 Å². The summed E-state index contributed by atoms with van der Waals surface area (Å²) in [7, 11) is 0. The number of carbonyl (C=O) groups excluding carboxylic acids is 3. The maximum atomic E-state index is 12.6. The summed E-state index contributed by atoms with van der Waals surface area (Å²) in [6, 6.07) is 12.4. The maximum absolute atomic E-state index is 12.6. The number of carbonyl (C=O) groups is 3. The Bertz CT molecular complexity index is 745. The van der Waals surface area contributed by atoms with Gasteiger partial charge in [0.05, 0.1) is 4.88 Å². The first-order valence-corrected chi connectivity index (χ1v) is 9.79. The van der Waals surface area contributed by atoms with E-state index in [1.165, 1.54) is 11.3 Å². The molecule has 0 saturated carbocycles. The Morgan fingerprint density at radius 1 is 0.926 bits per heavy atom. The standard InChI is InChI=1S/C20H25N3O3S/c1-14(2)18(24)21-10-11-22-19(25)16(13-15-7-4-3-5-8-15)23-20(26)17-9-6-12-27-17/h3-9,12,14,16H,10-11,13H2,1-2H3,(H,21,24)(H,22,25)(H,23,26). The van der Waals surface area contributed by atoms with Crippen LogP contribution in [0.2, 0.25) is 0 Å². The van der Waals surface area contributed by atoms with Crippen molar-refractivity contribution in [1.82, 2.24) is 16.0 Å². The molecule has 1 atom stereocenters. The van der Waals surface area contributed by atoms with Crippen molar-refractivity contribution in [2.45, 2.75) is 26.3 Å². The smallest absolute Gasteiger partial charge is 0.262 e. The molecule has 0 aliphatic heterocycles. The molecule has 3 N–H and O–H groups in total. The molecule has 6 nitrogen and oxygen atoms in total. The van der Waals surface area contributed by atoms with Crippen LogP contribution in [0, 0.1) is 5.92 Å². The highest BCUT2D eigenvalue weighted by Gasteiger charge is 2.22. The van der Waals surface area contributed by atoms with Crippen LogP contribution in [0.5, 0.6) is 0 Å². The van der Waals surface area contributed by atoms with Crippen molar-refractivity contribution in [1.29, 1.82) is 0 Å². The van der Waals surface area contributed by atoms with Gasteiger partial charge in [-0.3, -0.25) is 14.4 Å². The molecule has 27 heavy (non-hydrogen) atoms. The van der Waals surface area contributed by atoms with Crippen molar-refractivity contribution >= 4 is 29.1 Å². The summed E-state index contributed by atoms with van der Waals surface area (Å²) in [5, 5.41) is 10.2. The molecular formula is C20H25N3O3S. The lowest BCUT2D eigenvalue weighted by Gasteiger charge is -2.18. The molecule has 2 aromatic rings. The van der Waals surface area contributed by atoms with E-state index in [1.807, 2.05) is 49.6 Å². The Morgan fingerprint density at radius 3 is 2.19 bits per heavy atom. The second-order valence-electron chi connectivity index (χ2n) is 6.43. The van der Waals surface area contributed by atoms with Crippen LogP contribution < -0.4 is 16.0 Å². The predicted molar refractivity (Wildman–Crippen MR) is 107 cm³/mol. The number of amides is 3. The van der Waals surface area contributed by atoms with Crippen LogP contribution >= 0.6 is 11.3 Å². The van der Waals surface area contributed by atoms with E-state index in [2.05, 4.69) is 16.0 Å². The van der Waals surface area contributed by atoms with Gasteiger partial charge in [-0.15, -0.1) is 11.3 Å². The molecule has 7 heteroatoms. The molecule has 1 aromatic heterocycles. The molecular weight excluding hydrogens is 362 g/mol. The van der Waals surface area contributed by atoms with E-state index in [1.54, 1.807) is 12.1 Å². The van der Waals surface area contributed by atoms with Crippen molar-refractivity contribution in [3.8, 4) is 0 Å². The van der Waals surface area contributed by atoms with Crippen molar-refractivity contribution in [2.24, 2.45) is 5.92 Å². The number of benzene rings is 1. The van der Waals surface area contributed by atoms with Crippen LogP contribution in [0.25, 0.3) is 0 Å². The summed E-state index contributed by atoms with van der Waals surface area (Å²) in [4.78, 5) is 37.1. The fraction of sp³-hybridized carbons (Fsp3) is 0.350. The zero-order valence-electron chi connectivity index (χ0n) is 15.5. The summed E-state index contributed by atoms with van der Waals surface area (Å²) in [6.07, 6.45) is 0.391. The molecule has 1 aromatic carbocycles. The van der Waals surface area contributed by atoms with E-state index in [4.69, 9.17) is 0 Å². The number of hydrogen-bond acceptors (Lipinski definition) is 4. The Balaban J connectivity index is 1.94. The molecule has 0 fully saturated rings. The highest BCUT2D eigenvalue weighted by atomic mass is 32.1. The molecule has 2 rings (SSSR count). The van der Waals surface area contributed by atoms with Crippen LogP contribution in [-0.2, 0) is 16.0 Å². The van der Waals surface area contributed by atoms with Crippen molar-refractivity contribution in [2.75, 3.05) is 13.1 Å². The van der Waals surface area contributed by atoms with Gasteiger partial charge in [-0.1, -0.05) is 50.2 Å². The number of nitrogens with one attached hydrogen (secondary N) is 3. The van der Waals surface area contributed by atoms with Gasteiger partial charge < -0.3 is 16.0 Å². The van der Waals surface area contributed by atoms with Crippen molar-refractivity contribution in [3.63, 3.8) is 0 Å². The molecule has 3 amide bonds. The zero-order chi connectivity index (χ0) is 19.6. The lowest BCUT2D eigenvalue weighted by atomic mass is 10.1. The topological polar surface area (TPSA) is 87.3 Å². The Morgan fingerprint density at radius 2 is 1.59 bits per heavy atom. The maximum Gasteiger partial charge on any atom is 0.262 e. The van der Waals surface area contributed by atoms with Gasteiger partial charge in [-0.25, -0.2) is 0 Å². The summed E-state index contributed by atoms with van der Waals surface area (Å²) in [5.41, 5.74) is 0.956. The van der Waals surface area contributed by atoms with Gasteiger partial charge in [-0.2, -0.15) is 0 Å². The molecule has 0 saturated heterocycles. The molecule has 1 unspecified atom stereocenters. The molecule has 1 heterocycles. The van der Waals surface area contributed by atoms with Gasteiger partial charge in [0.1, 0.15) is 6.04 Å². The largest absolute Gasteiger partial charge is 0.354 e. The predicted octanol–water partition coefficient (Wildman–Crippen LogP) is 1.98. The molecule has 0 aliphatic rings. The minimum atomic E-state index is -0.692. The van der Waals surface area contributed by atoms with Crippen LogP contribution in [-0.4, -0.2) is 36.9 Å². The quantitative estimate of drug-likeness (QED) is 0.575. The van der Waals surface area contributed by atoms with Crippen LogP contribution in [0.3, 0.4) is 0 Å². The van der Waals surface area contributed by atoms with Crippen LogP contribution in [0.15, 0.2) is 47.8 Å². The van der Waals surface area contributed by atoms with Gasteiger partial charge in [0.15, 0.2) is 0 Å². The lowest BCUT2D eigenvalue weighted by Crippen LogP contribution is -2.49. The fourth-order valence-corrected chi connectivity index (χ4v) is 3.02. The molecule has 0 spiro atoms. The first kappa shape index (κ1) is 20.6. The Hall–Kier alpha value is -2.67. The van der Waals surface area contributed by atoms with E-state index in [0.29, 0.717) is 24.4 Å². The van der Waals surface area contributed by atoms with E-state index in [9.17, 15) is 14.4 Å². The minimum Gasteiger partial charge on any atom is -0.354 e. The third kappa shape index (κ3) is 6.86. The van der Waals surface area contributed by atoms with E-state index in [0.717, 1.165) is 5.56 Å². The minimum absolute atomic E-state index is 0.0592.